The Morgan fingerprint density at radius 2 is 1.49 bits per heavy atom. The number of amides is 2. The molecular weight excluding hydrogens is 557 g/mol. The normalized spacial score (nSPS) is 15.5. The van der Waals surface area contributed by atoms with Crippen LogP contribution in [0.2, 0.25) is 0 Å². The predicted octanol–water partition coefficient (Wildman–Crippen LogP) is 6.07. The summed E-state index contributed by atoms with van der Waals surface area (Å²) in [5.74, 6) is -1.60. The minimum Gasteiger partial charge on any atom is -0.356 e. The lowest BCUT2D eigenvalue weighted by atomic mass is 9.86. The molecule has 41 heavy (non-hydrogen) atoms. The average Bonchev–Trinajstić information content (AvgIpc) is 2.92. The van der Waals surface area contributed by atoms with E-state index in [4.69, 9.17) is 0 Å². The Morgan fingerprint density at radius 1 is 0.878 bits per heavy atom. The van der Waals surface area contributed by atoms with E-state index in [0.717, 1.165) is 6.08 Å². The van der Waals surface area contributed by atoms with Crippen LogP contribution in [-0.4, -0.2) is 35.4 Å². The number of carbonyl (C=O) groups excluding carboxylic acids is 2. The second-order valence-electron chi connectivity index (χ2n) is 9.38. The molecule has 2 heterocycles. The highest BCUT2D eigenvalue weighted by atomic mass is 19.4. The van der Waals surface area contributed by atoms with Crippen LogP contribution in [0, 0.1) is 5.82 Å². The zero-order valence-corrected chi connectivity index (χ0v) is 21.2. The number of benzene rings is 2. The first-order valence-electron chi connectivity index (χ1n) is 12.3. The summed E-state index contributed by atoms with van der Waals surface area (Å²) in [5.41, 5.74) is -5.10. The van der Waals surface area contributed by atoms with Crippen LogP contribution in [0.3, 0.4) is 0 Å². The van der Waals surface area contributed by atoms with Crippen LogP contribution >= 0.6 is 0 Å². The van der Waals surface area contributed by atoms with Crippen molar-refractivity contribution in [2.45, 2.75) is 30.7 Å². The summed E-state index contributed by atoms with van der Waals surface area (Å²) in [4.78, 5) is 32.5. The van der Waals surface area contributed by atoms with Crippen molar-refractivity contribution in [2.24, 2.45) is 0 Å². The van der Waals surface area contributed by atoms with Gasteiger partial charge in [0.2, 0.25) is 11.8 Å². The molecule has 13 heteroatoms. The largest absolute Gasteiger partial charge is 0.416 e. The molecule has 2 N–H and O–H groups in total. The van der Waals surface area contributed by atoms with Gasteiger partial charge in [-0.3, -0.25) is 9.59 Å². The lowest BCUT2D eigenvalue weighted by molar-refractivity contribution is -0.143. The molecule has 4 rings (SSSR count). The van der Waals surface area contributed by atoms with E-state index in [1.54, 1.807) is 24.4 Å². The lowest BCUT2D eigenvalue weighted by Gasteiger charge is -2.41. The molecule has 1 aliphatic heterocycles. The first-order valence-corrected chi connectivity index (χ1v) is 12.3. The zero-order valence-electron chi connectivity index (χ0n) is 21.2. The number of aromatic nitrogens is 1. The number of alkyl halides is 6. The van der Waals surface area contributed by atoms with E-state index in [0.29, 0.717) is 23.5 Å². The summed E-state index contributed by atoms with van der Waals surface area (Å²) < 4.78 is 93.3. The Balaban J connectivity index is 1.61. The standard InChI is InChI=1S/C28H23F7N4O2/c29-21-7-4-18(5-8-21)6-9-24(40)38-26(10-13-39(14-11-26)23-3-1-2-12-36-23)25(41)37-22-16-19(27(30,31)32)15-20(17-22)28(33,34)35/h1-9,12,15-17H,10-11,13-14H2,(H,37,41)(H,38,40)/b9-6+. The molecule has 0 aliphatic carbocycles. The Bertz CT molecular complexity index is 1380. The Hall–Kier alpha value is -4.42. The van der Waals surface area contributed by atoms with Crippen LogP contribution in [0.1, 0.15) is 29.5 Å². The molecule has 1 aromatic heterocycles. The first kappa shape index (κ1) is 29.6. The highest BCUT2D eigenvalue weighted by Gasteiger charge is 2.43. The molecule has 1 aliphatic rings. The highest BCUT2D eigenvalue weighted by Crippen LogP contribution is 2.38. The van der Waals surface area contributed by atoms with Crippen LogP contribution in [0.15, 0.2) is 72.9 Å². The third-order valence-corrected chi connectivity index (χ3v) is 6.53. The molecule has 0 radical (unpaired) electrons. The quantitative estimate of drug-likeness (QED) is 0.275. The second-order valence-corrected chi connectivity index (χ2v) is 9.38. The van der Waals surface area contributed by atoms with Crippen molar-refractivity contribution < 1.29 is 40.3 Å². The zero-order chi connectivity index (χ0) is 29.8. The molecule has 0 spiro atoms. The Kier molecular flexibility index (Phi) is 8.36. The molecule has 3 aromatic rings. The molecule has 2 amide bonds. The summed E-state index contributed by atoms with van der Waals surface area (Å²) in [6.45, 7) is 0.394. The van der Waals surface area contributed by atoms with Crippen molar-refractivity contribution in [3.8, 4) is 0 Å². The van der Waals surface area contributed by atoms with Crippen LogP contribution in [-0.2, 0) is 21.9 Å². The number of piperidine rings is 1. The molecule has 1 fully saturated rings. The Labute approximate surface area is 229 Å². The van der Waals surface area contributed by atoms with Crippen molar-refractivity contribution >= 4 is 29.4 Å². The molecular formula is C28H23F7N4O2. The predicted molar refractivity (Wildman–Crippen MR) is 137 cm³/mol. The summed E-state index contributed by atoms with van der Waals surface area (Å²) >= 11 is 0. The van der Waals surface area contributed by atoms with Gasteiger partial charge in [-0.1, -0.05) is 18.2 Å². The number of halogens is 7. The summed E-state index contributed by atoms with van der Waals surface area (Å²) in [6, 6.07) is 11.2. The van der Waals surface area contributed by atoms with Crippen LogP contribution in [0.5, 0.6) is 0 Å². The molecule has 0 unspecified atom stereocenters. The fourth-order valence-electron chi connectivity index (χ4n) is 4.37. The molecule has 0 bridgehead atoms. The Morgan fingerprint density at radius 3 is 2.02 bits per heavy atom. The number of nitrogens with zero attached hydrogens (tertiary/aromatic N) is 2. The number of pyridine rings is 1. The van der Waals surface area contributed by atoms with Gasteiger partial charge in [0.05, 0.1) is 11.1 Å². The summed E-state index contributed by atoms with van der Waals surface area (Å²) in [7, 11) is 0. The minimum atomic E-state index is -5.11. The van der Waals surface area contributed by atoms with E-state index in [-0.39, 0.29) is 32.0 Å². The van der Waals surface area contributed by atoms with E-state index in [2.05, 4.69) is 15.6 Å². The molecule has 1 saturated heterocycles. The van der Waals surface area contributed by atoms with Crippen LogP contribution in [0.4, 0.5) is 42.2 Å². The van der Waals surface area contributed by atoms with Gasteiger partial charge in [-0.25, -0.2) is 9.37 Å². The number of nitrogens with one attached hydrogen (secondary N) is 2. The summed E-state index contributed by atoms with van der Waals surface area (Å²) in [5, 5.41) is 4.76. The van der Waals surface area contributed by atoms with Crippen LogP contribution in [0.25, 0.3) is 6.08 Å². The third-order valence-electron chi connectivity index (χ3n) is 6.53. The van der Waals surface area contributed by atoms with Gasteiger partial charge in [-0.05, 0) is 66.9 Å². The fraction of sp³-hybridized carbons (Fsp3) is 0.250. The molecule has 2 aromatic carbocycles. The van der Waals surface area contributed by atoms with E-state index < -0.39 is 52.3 Å². The van der Waals surface area contributed by atoms with Crippen molar-refractivity contribution in [1.82, 2.24) is 10.3 Å². The average molecular weight is 581 g/mol. The van der Waals surface area contributed by atoms with Gasteiger partial charge in [0.1, 0.15) is 17.2 Å². The van der Waals surface area contributed by atoms with Gasteiger partial charge in [-0.2, -0.15) is 26.3 Å². The van der Waals surface area contributed by atoms with Crippen LogP contribution < -0.4 is 15.5 Å². The van der Waals surface area contributed by atoms with E-state index in [1.165, 1.54) is 30.3 Å². The smallest absolute Gasteiger partial charge is 0.356 e. The van der Waals surface area contributed by atoms with E-state index >= 15 is 0 Å². The van der Waals surface area contributed by atoms with Gasteiger partial charge in [0.25, 0.3) is 0 Å². The fourth-order valence-corrected chi connectivity index (χ4v) is 4.37. The molecule has 0 atom stereocenters. The van der Waals surface area contributed by atoms with Gasteiger partial charge in [0.15, 0.2) is 0 Å². The lowest BCUT2D eigenvalue weighted by Crippen LogP contribution is -2.61. The topological polar surface area (TPSA) is 74.3 Å². The van der Waals surface area contributed by atoms with Gasteiger partial charge >= 0.3 is 12.4 Å². The number of hydrogen-bond acceptors (Lipinski definition) is 4. The van der Waals surface area contributed by atoms with Gasteiger partial charge in [-0.15, -0.1) is 0 Å². The van der Waals surface area contributed by atoms with Crippen molar-refractivity contribution in [1.29, 1.82) is 0 Å². The number of hydrogen-bond donors (Lipinski definition) is 2. The summed E-state index contributed by atoms with van der Waals surface area (Å²) in [6.07, 6.45) is -6.24. The second kappa shape index (κ2) is 11.6. The number of rotatable bonds is 6. The monoisotopic (exact) mass is 580 g/mol. The maximum atomic E-state index is 13.5. The van der Waals surface area contributed by atoms with Crippen molar-refractivity contribution in [3.63, 3.8) is 0 Å². The number of carbonyl (C=O) groups is 2. The maximum Gasteiger partial charge on any atom is 0.416 e. The maximum absolute atomic E-state index is 13.5. The van der Waals surface area contributed by atoms with Gasteiger partial charge < -0.3 is 15.5 Å². The van der Waals surface area contributed by atoms with Gasteiger partial charge in [0, 0.05) is 31.0 Å². The number of anilines is 2. The minimum absolute atomic E-state index is 0.0311. The van der Waals surface area contributed by atoms with Crippen molar-refractivity contribution in [2.75, 3.05) is 23.3 Å². The van der Waals surface area contributed by atoms with E-state index in [9.17, 15) is 40.3 Å². The first-order chi connectivity index (χ1) is 19.2. The molecule has 216 valence electrons. The SMILES string of the molecule is O=C(/C=C/c1ccc(F)cc1)NC1(C(=O)Nc2cc(C(F)(F)F)cc(C(F)(F)F)c2)CCN(c2ccccn2)CC1. The van der Waals surface area contributed by atoms with E-state index in [1.807, 2.05) is 4.90 Å². The third kappa shape index (κ3) is 7.41. The molecule has 0 saturated carbocycles. The van der Waals surface area contributed by atoms with Crippen molar-refractivity contribution in [3.05, 3.63) is 95.4 Å². The highest BCUT2D eigenvalue weighted by molar-refractivity contribution is 6.03. The molecule has 6 nitrogen and oxygen atoms in total.